The van der Waals surface area contributed by atoms with E-state index in [-0.39, 0.29) is 11.4 Å². The smallest absolute Gasteiger partial charge is 0.165 e. The van der Waals surface area contributed by atoms with E-state index in [0.717, 1.165) is 10.0 Å². The SMILES string of the molecule is Fc1cccc(F)c1-c1nccc(-c2ccc(Br)cc2)n1. The summed E-state index contributed by atoms with van der Waals surface area (Å²) in [6, 6.07) is 12.9. The lowest BCUT2D eigenvalue weighted by molar-refractivity contribution is 0.587. The van der Waals surface area contributed by atoms with Crippen LogP contribution in [0.4, 0.5) is 8.78 Å². The lowest BCUT2D eigenvalue weighted by atomic mass is 10.1. The second kappa shape index (κ2) is 5.69. The van der Waals surface area contributed by atoms with Crippen molar-refractivity contribution in [3.63, 3.8) is 0 Å². The zero-order chi connectivity index (χ0) is 14.8. The first-order chi connectivity index (χ1) is 10.1. The molecule has 0 atom stereocenters. The summed E-state index contributed by atoms with van der Waals surface area (Å²) in [5, 5.41) is 0. The highest BCUT2D eigenvalue weighted by atomic mass is 79.9. The van der Waals surface area contributed by atoms with Crippen molar-refractivity contribution in [1.29, 1.82) is 0 Å². The molecule has 0 amide bonds. The number of rotatable bonds is 2. The fraction of sp³-hybridized carbons (Fsp3) is 0. The van der Waals surface area contributed by atoms with Gasteiger partial charge in [-0.3, -0.25) is 0 Å². The first kappa shape index (κ1) is 13.8. The molecule has 5 heteroatoms. The third-order valence-electron chi connectivity index (χ3n) is 2.98. The predicted octanol–water partition coefficient (Wildman–Crippen LogP) is 4.85. The number of hydrogen-bond donors (Lipinski definition) is 0. The molecule has 0 aliphatic heterocycles. The van der Waals surface area contributed by atoms with Crippen molar-refractivity contribution < 1.29 is 8.78 Å². The number of hydrogen-bond acceptors (Lipinski definition) is 2. The third-order valence-corrected chi connectivity index (χ3v) is 3.51. The van der Waals surface area contributed by atoms with Gasteiger partial charge in [-0.1, -0.05) is 34.1 Å². The van der Waals surface area contributed by atoms with Gasteiger partial charge in [0.1, 0.15) is 11.6 Å². The molecule has 2 aromatic carbocycles. The van der Waals surface area contributed by atoms with Crippen LogP contribution in [0.3, 0.4) is 0 Å². The summed E-state index contributed by atoms with van der Waals surface area (Å²) in [7, 11) is 0. The Hall–Kier alpha value is -2.14. The molecule has 0 bridgehead atoms. The van der Waals surface area contributed by atoms with E-state index >= 15 is 0 Å². The second-order valence-corrected chi connectivity index (χ2v) is 5.28. The summed E-state index contributed by atoms with van der Waals surface area (Å²) in [5.41, 5.74) is 1.24. The molecule has 0 radical (unpaired) electrons. The topological polar surface area (TPSA) is 25.8 Å². The van der Waals surface area contributed by atoms with Crippen LogP contribution < -0.4 is 0 Å². The minimum atomic E-state index is -0.678. The van der Waals surface area contributed by atoms with Crippen molar-refractivity contribution in [2.75, 3.05) is 0 Å². The molecule has 21 heavy (non-hydrogen) atoms. The minimum Gasteiger partial charge on any atom is -0.236 e. The molecule has 0 saturated carbocycles. The maximum atomic E-state index is 13.8. The standard InChI is InChI=1S/C16H9BrF2N2/c17-11-6-4-10(5-7-11)14-8-9-20-16(21-14)15-12(18)2-1-3-13(15)19/h1-9H. The van der Waals surface area contributed by atoms with Gasteiger partial charge >= 0.3 is 0 Å². The van der Waals surface area contributed by atoms with E-state index < -0.39 is 11.6 Å². The highest BCUT2D eigenvalue weighted by Gasteiger charge is 2.14. The summed E-state index contributed by atoms with van der Waals surface area (Å²) in [5.74, 6) is -1.32. The maximum Gasteiger partial charge on any atom is 0.165 e. The molecular formula is C16H9BrF2N2. The summed E-state index contributed by atoms with van der Waals surface area (Å²) in [6.45, 7) is 0. The van der Waals surface area contributed by atoms with E-state index in [4.69, 9.17) is 0 Å². The number of aromatic nitrogens is 2. The highest BCUT2D eigenvalue weighted by molar-refractivity contribution is 9.10. The van der Waals surface area contributed by atoms with Crippen LogP contribution in [0.2, 0.25) is 0 Å². The average Bonchev–Trinajstić information content (AvgIpc) is 2.48. The molecule has 0 fully saturated rings. The number of benzene rings is 2. The zero-order valence-corrected chi connectivity index (χ0v) is 12.3. The van der Waals surface area contributed by atoms with Crippen molar-refractivity contribution in [2.45, 2.75) is 0 Å². The van der Waals surface area contributed by atoms with E-state index in [1.165, 1.54) is 24.4 Å². The van der Waals surface area contributed by atoms with Gasteiger partial charge in [-0.25, -0.2) is 18.7 Å². The second-order valence-electron chi connectivity index (χ2n) is 4.37. The summed E-state index contributed by atoms with van der Waals surface area (Å²) in [6.07, 6.45) is 1.49. The molecule has 3 aromatic rings. The predicted molar refractivity (Wildman–Crippen MR) is 80.5 cm³/mol. The van der Waals surface area contributed by atoms with Crippen LogP contribution in [0.15, 0.2) is 59.2 Å². The molecule has 1 aromatic heterocycles. The Morgan fingerprint density at radius 2 is 1.52 bits per heavy atom. The van der Waals surface area contributed by atoms with Gasteiger partial charge in [0.25, 0.3) is 0 Å². The van der Waals surface area contributed by atoms with E-state index in [1.54, 1.807) is 6.07 Å². The van der Waals surface area contributed by atoms with Gasteiger partial charge in [-0.15, -0.1) is 0 Å². The average molecular weight is 347 g/mol. The van der Waals surface area contributed by atoms with Crippen LogP contribution in [0, 0.1) is 11.6 Å². The molecule has 1 heterocycles. The Bertz CT molecular complexity index is 768. The maximum absolute atomic E-state index is 13.8. The molecule has 0 N–H and O–H groups in total. The Balaban J connectivity index is 2.10. The van der Waals surface area contributed by atoms with Crippen molar-refractivity contribution in [2.24, 2.45) is 0 Å². The van der Waals surface area contributed by atoms with Gasteiger partial charge in [0, 0.05) is 16.2 Å². The Kier molecular flexibility index (Phi) is 3.75. The largest absolute Gasteiger partial charge is 0.236 e. The third kappa shape index (κ3) is 2.83. The Morgan fingerprint density at radius 1 is 0.857 bits per heavy atom. The van der Waals surface area contributed by atoms with Crippen LogP contribution in [0.1, 0.15) is 0 Å². The van der Waals surface area contributed by atoms with E-state index in [1.807, 2.05) is 24.3 Å². The van der Waals surface area contributed by atoms with Crippen molar-refractivity contribution in [3.05, 3.63) is 70.8 Å². The van der Waals surface area contributed by atoms with Gasteiger partial charge in [-0.05, 0) is 30.3 Å². The van der Waals surface area contributed by atoms with Crippen molar-refractivity contribution >= 4 is 15.9 Å². The Labute approximate surface area is 128 Å². The van der Waals surface area contributed by atoms with Crippen LogP contribution in [-0.2, 0) is 0 Å². The molecule has 0 aliphatic carbocycles. The lowest BCUT2D eigenvalue weighted by Crippen LogP contribution is -1.96. The van der Waals surface area contributed by atoms with Gasteiger partial charge in [0.05, 0.1) is 11.3 Å². The van der Waals surface area contributed by atoms with Gasteiger partial charge in [-0.2, -0.15) is 0 Å². The summed E-state index contributed by atoms with van der Waals surface area (Å²) < 4.78 is 28.5. The van der Waals surface area contributed by atoms with E-state index in [0.29, 0.717) is 5.69 Å². The van der Waals surface area contributed by atoms with Gasteiger partial charge in [0.2, 0.25) is 0 Å². The van der Waals surface area contributed by atoms with Crippen LogP contribution in [0.5, 0.6) is 0 Å². The van der Waals surface area contributed by atoms with Crippen LogP contribution in [0.25, 0.3) is 22.6 Å². The molecular weight excluding hydrogens is 338 g/mol. The normalized spacial score (nSPS) is 10.6. The summed E-state index contributed by atoms with van der Waals surface area (Å²) >= 11 is 3.36. The van der Waals surface area contributed by atoms with Crippen molar-refractivity contribution in [1.82, 2.24) is 9.97 Å². The first-order valence-electron chi connectivity index (χ1n) is 6.18. The van der Waals surface area contributed by atoms with Gasteiger partial charge in [0.15, 0.2) is 5.82 Å². The fourth-order valence-corrected chi connectivity index (χ4v) is 2.24. The van der Waals surface area contributed by atoms with Crippen molar-refractivity contribution in [3.8, 4) is 22.6 Å². The van der Waals surface area contributed by atoms with Gasteiger partial charge < -0.3 is 0 Å². The molecule has 0 aliphatic rings. The molecule has 104 valence electrons. The molecule has 0 saturated heterocycles. The molecule has 0 unspecified atom stereocenters. The lowest BCUT2D eigenvalue weighted by Gasteiger charge is -2.06. The van der Waals surface area contributed by atoms with E-state index in [9.17, 15) is 8.78 Å². The number of nitrogens with zero attached hydrogens (tertiary/aromatic N) is 2. The fourth-order valence-electron chi connectivity index (χ4n) is 1.97. The Morgan fingerprint density at radius 3 is 2.19 bits per heavy atom. The van der Waals surface area contributed by atoms with E-state index in [2.05, 4.69) is 25.9 Å². The minimum absolute atomic E-state index is 0.0334. The molecule has 0 spiro atoms. The highest BCUT2D eigenvalue weighted by Crippen LogP contribution is 2.25. The van der Waals surface area contributed by atoms with Crippen LogP contribution in [-0.4, -0.2) is 9.97 Å². The van der Waals surface area contributed by atoms with Crippen LogP contribution >= 0.6 is 15.9 Å². The first-order valence-corrected chi connectivity index (χ1v) is 6.98. The summed E-state index contributed by atoms with van der Waals surface area (Å²) in [4.78, 5) is 8.23. The number of halogens is 3. The quantitative estimate of drug-likeness (QED) is 0.662. The zero-order valence-electron chi connectivity index (χ0n) is 10.7. The molecule has 2 nitrogen and oxygen atoms in total. The monoisotopic (exact) mass is 346 g/mol. The molecule has 3 rings (SSSR count).